The predicted molar refractivity (Wildman–Crippen MR) is 176 cm³/mol. The Kier molecular flexibility index (Phi) is 6.93. The number of hydrogen-bond acceptors (Lipinski definition) is 4. The van der Waals surface area contributed by atoms with Crippen molar-refractivity contribution in [2.75, 3.05) is 6.54 Å². The Morgan fingerprint density at radius 1 is 1.16 bits per heavy atom. The quantitative estimate of drug-likeness (QED) is 0.226. The molecule has 4 aromatic rings. The Hall–Kier alpha value is -2.89. The smallest absolute Gasteiger partial charge is 0.226 e. The highest BCUT2D eigenvalue weighted by atomic mass is 35.5. The number of fused-ring (bicyclic) bond motifs is 5. The van der Waals surface area contributed by atoms with Crippen LogP contribution in [0.1, 0.15) is 67.6 Å². The molecule has 6 fully saturated rings. The third kappa shape index (κ3) is 4.29. The van der Waals surface area contributed by atoms with Gasteiger partial charge in [-0.1, -0.05) is 35.3 Å². The van der Waals surface area contributed by atoms with Crippen LogP contribution in [0.2, 0.25) is 10.0 Å². The van der Waals surface area contributed by atoms with Gasteiger partial charge in [0.05, 0.1) is 33.7 Å². The molecule has 3 saturated heterocycles. The second kappa shape index (κ2) is 10.6. The fourth-order valence-electron chi connectivity index (χ4n) is 8.68. The molecule has 0 radical (unpaired) electrons. The van der Waals surface area contributed by atoms with Crippen LogP contribution in [-0.4, -0.2) is 39.0 Å². The average Bonchev–Trinajstić information content (AvgIpc) is 3.78. The zero-order valence-electron chi connectivity index (χ0n) is 24.8. The lowest BCUT2D eigenvalue weighted by molar-refractivity contribution is -0.134. The van der Waals surface area contributed by atoms with Crippen LogP contribution in [-0.2, 0) is 11.2 Å². The Balaban J connectivity index is 0.00000300. The fraction of sp³-hybridized carbons (Fsp3) is 0.457. The van der Waals surface area contributed by atoms with Crippen molar-refractivity contribution in [2.45, 2.75) is 76.0 Å². The number of piperidine rings is 1. The molecule has 3 aliphatic heterocycles. The number of carbonyl (C=O) groups excluding carboxylic acids is 1. The van der Waals surface area contributed by atoms with Crippen molar-refractivity contribution in [1.82, 2.24) is 19.8 Å². The number of pyridine rings is 1. The van der Waals surface area contributed by atoms with Gasteiger partial charge in [-0.3, -0.25) is 4.79 Å². The maximum atomic E-state index is 17.0. The molecule has 0 unspecified atom stereocenters. The number of hydrogen-bond donors (Lipinski definition) is 1. The van der Waals surface area contributed by atoms with Gasteiger partial charge in [0.15, 0.2) is 5.82 Å². The molecule has 5 heterocycles. The summed E-state index contributed by atoms with van der Waals surface area (Å²) >= 11 is 13.0. The van der Waals surface area contributed by atoms with Gasteiger partial charge >= 0.3 is 0 Å². The molecule has 10 rings (SSSR count). The monoisotopic (exact) mass is 663 g/mol. The SMILES string of the molecule is Cc1nc2c(F)c(-c3cccc(Cl)c3Cl)c(CCC#N)cc2c2c1cc([C@H]1C[C@H]3C[C@H]3N1C(=O)C1CC1)n2[C@H]1[C@H]2CN[C@@H]1C2.Cl. The van der Waals surface area contributed by atoms with Crippen LogP contribution in [0.4, 0.5) is 4.39 Å². The number of nitrogens with one attached hydrogen (secondary N) is 1. The number of rotatable bonds is 6. The molecule has 1 amide bonds. The van der Waals surface area contributed by atoms with E-state index in [0.29, 0.717) is 63.5 Å². The summed E-state index contributed by atoms with van der Waals surface area (Å²) in [6, 6.07) is 12.7. The molecule has 3 saturated carbocycles. The van der Waals surface area contributed by atoms with Gasteiger partial charge in [-0.05, 0) is 81.0 Å². The molecule has 2 aromatic heterocycles. The van der Waals surface area contributed by atoms with Gasteiger partial charge in [-0.2, -0.15) is 5.26 Å². The van der Waals surface area contributed by atoms with E-state index in [1.165, 1.54) is 5.69 Å². The van der Waals surface area contributed by atoms with Crippen LogP contribution >= 0.6 is 35.6 Å². The van der Waals surface area contributed by atoms with E-state index < -0.39 is 5.82 Å². The van der Waals surface area contributed by atoms with Gasteiger partial charge < -0.3 is 14.8 Å². The number of likely N-dealkylation sites (tertiary alicyclic amines) is 1. The first-order valence-electron chi connectivity index (χ1n) is 15.9. The van der Waals surface area contributed by atoms with Gasteiger partial charge in [0.25, 0.3) is 0 Å². The molecule has 2 bridgehead atoms. The first-order valence-corrected chi connectivity index (χ1v) is 16.6. The van der Waals surface area contributed by atoms with Crippen molar-refractivity contribution in [3.8, 4) is 17.2 Å². The van der Waals surface area contributed by atoms with Gasteiger partial charge in [-0.25, -0.2) is 9.37 Å². The van der Waals surface area contributed by atoms with Crippen LogP contribution < -0.4 is 5.32 Å². The van der Waals surface area contributed by atoms with Gasteiger partial charge in [0.1, 0.15) is 5.52 Å². The highest BCUT2D eigenvalue weighted by Gasteiger charge is 2.58. The number of amides is 1. The standard InChI is InChI=1S/C35H32Cl2FN5O.ClH/c1-16-22-14-28(27-13-19-12-26(19)42(27)35(44)17-7-8-17)43(33-20-11-25(33)40-15-20)34(22)23-10-18(4-3-9-39)29(31(38)32(23)41-16)21-5-2-6-24(36)30(21)37;/h2,5-6,10,14,17,19-20,25-27,33,40H,3-4,7-8,11-13,15H2,1H3;1H/t19-,20-,25-,26-,27-,33+;/m1./s1. The summed E-state index contributed by atoms with van der Waals surface area (Å²) in [5, 5.41) is 15.6. The predicted octanol–water partition coefficient (Wildman–Crippen LogP) is 8.09. The molecule has 10 heteroatoms. The Labute approximate surface area is 277 Å². The van der Waals surface area contributed by atoms with Crippen LogP contribution in [0, 0.1) is 41.8 Å². The maximum absolute atomic E-state index is 17.0. The normalized spacial score (nSPS) is 27.8. The molecule has 45 heavy (non-hydrogen) atoms. The van der Waals surface area contributed by atoms with Crippen molar-refractivity contribution in [3.05, 3.63) is 63.1 Å². The number of benzene rings is 2. The number of halogens is 4. The summed E-state index contributed by atoms with van der Waals surface area (Å²) in [6.45, 7) is 2.92. The minimum atomic E-state index is -0.443. The van der Waals surface area contributed by atoms with E-state index in [1.54, 1.807) is 18.2 Å². The number of aromatic nitrogens is 2. The van der Waals surface area contributed by atoms with E-state index in [9.17, 15) is 10.1 Å². The highest BCUT2D eigenvalue weighted by Crippen LogP contribution is 2.57. The van der Waals surface area contributed by atoms with E-state index in [4.69, 9.17) is 28.2 Å². The van der Waals surface area contributed by atoms with E-state index in [1.807, 2.05) is 13.0 Å². The molecule has 1 N–H and O–H groups in total. The summed E-state index contributed by atoms with van der Waals surface area (Å²) in [7, 11) is 0. The third-order valence-electron chi connectivity index (χ3n) is 11.1. The molecule has 6 atom stereocenters. The summed E-state index contributed by atoms with van der Waals surface area (Å²) in [4.78, 5) is 20.8. The molecule has 6 nitrogen and oxygen atoms in total. The average molecular weight is 665 g/mol. The van der Waals surface area contributed by atoms with E-state index >= 15 is 4.39 Å². The second-order valence-electron chi connectivity index (χ2n) is 13.6. The zero-order valence-corrected chi connectivity index (χ0v) is 27.2. The van der Waals surface area contributed by atoms with E-state index in [2.05, 4.69) is 26.9 Å². The van der Waals surface area contributed by atoms with E-state index in [-0.39, 0.29) is 41.9 Å². The lowest BCUT2D eigenvalue weighted by Gasteiger charge is -2.40. The largest absolute Gasteiger partial charge is 0.337 e. The van der Waals surface area contributed by atoms with Crippen LogP contribution in [0.25, 0.3) is 32.9 Å². The van der Waals surface area contributed by atoms with Crippen LogP contribution in [0.3, 0.4) is 0 Å². The van der Waals surface area contributed by atoms with Crippen molar-refractivity contribution < 1.29 is 9.18 Å². The Morgan fingerprint density at radius 2 is 1.98 bits per heavy atom. The molecule has 3 aliphatic carbocycles. The summed E-state index contributed by atoms with van der Waals surface area (Å²) in [6.07, 6.45) is 5.83. The molecular formula is C35H33Cl3FN5O. The van der Waals surface area contributed by atoms with Crippen LogP contribution in [0.5, 0.6) is 0 Å². The molecule has 232 valence electrons. The Bertz CT molecular complexity index is 1950. The summed E-state index contributed by atoms with van der Waals surface area (Å²) in [5.41, 5.74) is 4.79. The van der Waals surface area contributed by atoms with Gasteiger partial charge in [-0.15, -0.1) is 12.4 Å². The minimum Gasteiger partial charge on any atom is -0.337 e. The summed E-state index contributed by atoms with van der Waals surface area (Å²) in [5.74, 6) is 1.12. The number of aryl methyl sites for hydroxylation is 2. The zero-order chi connectivity index (χ0) is 30.0. The maximum Gasteiger partial charge on any atom is 0.226 e. The Morgan fingerprint density at radius 3 is 2.69 bits per heavy atom. The fourth-order valence-corrected chi connectivity index (χ4v) is 9.07. The highest BCUT2D eigenvalue weighted by molar-refractivity contribution is 6.43. The first kappa shape index (κ1) is 29.5. The van der Waals surface area contributed by atoms with Crippen molar-refractivity contribution in [3.63, 3.8) is 0 Å². The molecule has 2 aromatic carbocycles. The number of nitriles is 1. The lowest BCUT2D eigenvalue weighted by atomic mass is 9.79. The van der Waals surface area contributed by atoms with Gasteiger partial charge in [0.2, 0.25) is 5.91 Å². The molecule has 0 spiro atoms. The second-order valence-corrected chi connectivity index (χ2v) is 14.4. The lowest BCUT2D eigenvalue weighted by Crippen LogP contribution is -2.41. The number of carbonyl (C=O) groups is 1. The van der Waals surface area contributed by atoms with Crippen molar-refractivity contribution in [1.29, 1.82) is 5.26 Å². The summed E-state index contributed by atoms with van der Waals surface area (Å²) < 4.78 is 19.4. The molecule has 6 aliphatic rings. The van der Waals surface area contributed by atoms with Gasteiger partial charge in [0, 0.05) is 64.3 Å². The third-order valence-corrected chi connectivity index (χ3v) is 11.9. The molecular weight excluding hydrogens is 632 g/mol. The minimum absolute atomic E-state index is 0. The van der Waals surface area contributed by atoms with Crippen molar-refractivity contribution in [2.24, 2.45) is 17.8 Å². The first-order chi connectivity index (χ1) is 21.4. The van der Waals surface area contributed by atoms with E-state index in [0.717, 1.165) is 60.6 Å². The number of nitrogens with zero attached hydrogens (tertiary/aromatic N) is 4. The van der Waals surface area contributed by atoms with Crippen LogP contribution in [0.15, 0.2) is 30.3 Å². The van der Waals surface area contributed by atoms with Crippen molar-refractivity contribution >= 4 is 63.3 Å². The topological polar surface area (TPSA) is 74.0 Å².